The summed E-state index contributed by atoms with van der Waals surface area (Å²) in [5.41, 5.74) is 0.863. The summed E-state index contributed by atoms with van der Waals surface area (Å²) in [4.78, 5) is 0. The van der Waals surface area contributed by atoms with Crippen LogP contribution in [0.4, 0.5) is 10.1 Å². The standard InChI is InChI=1S/C14H13ClFNO/c15-13-6-1-2-7-14(13)17-8-9-18-12-5-3-4-11(16)10-12/h1-7,10,17H,8-9H2. The number of ether oxygens (including phenoxy) is 1. The number of anilines is 1. The van der Waals surface area contributed by atoms with Crippen LogP contribution in [0.5, 0.6) is 5.75 Å². The summed E-state index contributed by atoms with van der Waals surface area (Å²) >= 11 is 5.99. The minimum absolute atomic E-state index is 0.299. The lowest BCUT2D eigenvalue weighted by Crippen LogP contribution is -2.11. The van der Waals surface area contributed by atoms with E-state index < -0.39 is 0 Å². The smallest absolute Gasteiger partial charge is 0.126 e. The van der Waals surface area contributed by atoms with E-state index in [1.807, 2.05) is 24.3 Å². The van der Waals surface area contributed by atoms with Crippen molar-refractivity contribution in [2.24, 2.45) is 0 Å². The zero-order valence-electron chi connectivity index (χ0n) is 9.70. The van der Waals surface area contributed by atoms with E-state index >= 15 is 0 Å². The molecular formula is C14H13ClFNO. The molecule has 0 amide bonds. The van der Waals surface area contributed by atoms with Gasteiger partial charge >= 0.3 is 0 Å². The molecule has 18 heavy (non-hydrogen) atoms. The van der Waals surface area contributed by atoms with E-state index in [1.165, 1.54) is 12.1 Å². The van der Waals surface area contributed by atoms with E-state index in [0.29, 0.717) is 23.9 Å². The average molecular weight is 266 g/mol. The minimum atomic E-state index is -0.299. The SMILES string of the molecule is Fc1cccc(OCCNc2ccccc2Cl)c1. The summed E-state index contributed by atoms with van der Waals surface area (Å²) in [6.45, 7) is 1.04. The molecule has 94 valence electrons. The van der Waals surface area contributed by atoms with Gasteiger partial charge in [-0.3, -0.25) is 0 Å². The molecule has 0 fully saturated rings. The van der Waals surface area contributed by atoms with E-state index in [2.05, 4.69) is 5.32 Å². The van der Waals surface area contributed by atoms with Crippen molar-refractivity contribution in [1.29, 1.82) is 0 Å². The van der Waals surface area contributed by atoms with Crippen molar-refractivity contribution in [3.05, 3.63) is 59.4 Å². The monoisotopic (exact) mass is 265 g/mol. The van der Waals surface area contributed by atoms with Crippen LogP contribution in [0.15, 0.2) is 48.5 Å². The van der Waals surface area contributed by atoms with Crippen LogP contribution in [0.25, 0.3) is 0 Å². The lowest BCUT2D eigenvalue weighted by atomic mass is 10.3. The van der Waals surface area contributed by atoms with E-state index in [9.17, 15) is 4.39 Å². The second-order valence-corrected chi connectivity index (χ2v) is 4.12. The molecule has 0 radical (unpaired) electrons. The Balaban J connectivity index is 1.78. The summed E-state index contributed by atoms with van der Waals surface area (Å²) in [5.74, 6) is 0.225. The molecule has 0 spiro atoms. The molecule has 0 atom stereocenters. The summed E-state index contributed by atoms with van der Waals surface area (Å²) in [5, 5.41) is 3.82. The quantitative estimate of drug-likeness (QED) is 0.826. The fourth-order valence-corrected chi connectivity index (χ4v) is 1.72. The van der Waals surface area contributed by atoms with Crippen molar-refractivity contribution in [3.8, 4) is 5.75 Å². The summed E-state index contributed by atoms with van der Waals surface area (Å²) in [6.07, 6.45) is 0. The summed E-state index contributed by atoms with van der Waals surface area (Å²) < 4.78 is 18.3. The van der Waals surface area contributed by atoms with Gasteiger partial charge in [0, 0.05) is 12.6 Å². The summed E-state index contributed by atoms with van der Waals surface area (Å²) in [6, 6.07) is 13.6. The second-order valence-electron chi connectivity index (χ2n) is 3.71. The first-order valence-corrected chi connectivity index (χ1v) is 6.00. The van der Waals surface area contributed by atoms with Gasteiger partial charge in [-0.25, -0.2) is 4.39 Å². The first kappa shape index (κ1) is 12.7. The predicted molar refractivity (Wildman–Crippen MR) is 71.8 cm³/mol. The normalized spacial score (nSPS) is 10.1. The second kappa shape index (κ2) is 6.26. The maximum Gasteiger partial charge on any atom is 0.126 e. The van der Waals surface area contributed by atoms with Gasteiger partial charge in [-0.15, -0.1) is 0 Å². The van der Waals surface area contributed by atoms with Crippen molar-refractivity contribution >= 4 is 17.3 Å². The third kappa shape index (κ3) is 3.64. The van der Waals surface area contributed by atoms with Crippen LogP contribution in [0.3, 0.4) is 0 Å². The van der Waals surface area contributed by atoms with Gasteiger partial charge in [-0.1, -0.05) is 29.8 Å². The Morgan fingerprint density at radius 3 is 2.72 bits per heavy atom. The van der Waals surface area contributed by atoms with E-state index in [4.69, 9.17) is 16.3 Å². The molecular weight excluding hydrogens is 253 g/mol. The van der Waals surface area contributed by atoms with Crippen molar-refractivity contribution < 1.29 is 9.13 Å². The fourth-order valence-electron chi connectivity index (χ4n) is 1.52. The highest BCUT2D eigenvalue weighted by atomic mass is 35.5. The largest absolute Gasteiger partial charge is 0.492 e. The van der Waals surface area contributed by atoms with E-state index in [1.54, 1.807) is 12.1 Å². The Kier molecular flexibility index (Phi) is 4.42. The highest BCUT2D eigenvalue weighted by Crippen LogP contribution is 2.20. The zero-order valence-corrected chi connectivity index (χ0v) is 10.5. The molecule has 0 heterocycles. The van der Waals surface area contributed by atoms with Gasteiger partial charge in [-0.2, -0.15) is 0 Å². The van der Waals surface area contributed by atoms with Crippen LogP contribution in [0.2, 0.25) is 5.02 Å². The van der Waals surface area contributed by atoms with Crippen molar-refractivity contribution in [2.45, 2.75) is 0 Å². The van der Waals surface area contributed by atoms with Crippen LogP contribution >= 0.6 is 11.6 Å². The van der Waals surface area contributed by atoms with Crippen LogP contribution in [-0.2, 0) is 0 Å². The van der Waals surface area contributed by atoms with Gasteiger partial charge in [0.15, 0.2) is 0 Å². The van der Waals surface area contributed by atoms with Gasteiger partial charge in [0.05, 0.1) is 10.7 Å². The fraction of sp³-hybridized carbons (Fsp3) is 0.143. The predicted octanol–water partition coefficient (Wildman–Crippen LogP) is 3.97. The third-order valence-corrected chi connectivity index (χ3v) is 2.69. The van der Waals surface area contributed by atoms with Crippen LogP contribution in [-0.4, -0.2) is 13.2 Å². The van der Waals surface area contributed by atoms with Crippen LogP contribution < -0.4 is 10.1 Å². The van der Waals surface area contributed by atoms with Crippen molar-refractivity contribution in [3.63, 3.8) is 0 Å². The van der Waals surface area contributed by atoms with Gasteiger partial charge in [-0.05, 0) is 24.3 Å². The molecule has 2 aromatic rings. The zero-order chi connectivity index (χ0) is 12.8. The molecule has 0 saturated heterocycles. The third-order valence-electron chi connectivity index (χ3n) is 2.36. The maximum absolute atomic E-state index is 12.9. The average Bonchev–Trinajstić information content (AvgIpc) is 2.37. The van der Waals surface area contributed by atoms with Gasteiger partial charge in [0.25, 0.3) is 0 Å². The van der Waals surface area contributed by atoms with Gasteiger partial charge < -0.3 is 10.1 Å². The van der Waals surface area contributed by atoms with Crippen molar-refractivity contribution in [2.75, 3.05) is 18.5 Å². The number of hydrogen-bond donors (Lipinski definition) is 1. The van der Waals surface area contributed by atoms with Crippen molar-refractivity contribution in [1.82, 2.24) is 0 Å². The highest BCUT2D eigenvalue weighted by Gasteiger charge is 1.98. The van der Waals surface area contributed by atoms with Crippen LogP contribution in [0, 0.1) is 5.82 Å². The van der Waals surface area contributed by atoms with E-state index in [0.717, 1.165) is 5.69 Å². The number of hydrogen-bond acceptors (Lipinski definition) is 2. The number of para-hydroxylation sites is 1. The molecule has 0 aromatic heterocycles. The molecule has 4 heteroatoms. The molecule has 2 nitrogen and oxygen atoms in total. The lowest BCUT2D eigenvalue weighted by molar-refractivity contribution is 0.331. The molecule has 2 aromatic carbocycles. The molecule has 0 unspecified atom stereocenters. The molecule has 0 saturated carbocycles. The topological polar surface area (TPSA) is 21.3 Å². The summed E-state index contributed by atoms with van der Waals surface area (Å²) in [7, 11) is 0. The van der Waals surface area contributed by atoms with E-state index in [-0.39, 0.29) is 5.82 Å². The Morgan fingerprint density at radius 2 is 1.94 bits per heavy atom. The molecule has 1 N–H and O–H groups in total. The number of rotatable bonds is 5. The van der Waals surface area contributed by atoms with Gasteiger partial charge in [0.1, 0.15) is 18.2 Å². The first-order valence-electron chi connectivity index (χ1n) is 5.62. The van der Waals surface area contributed by atoms with Gasteiger partial charge in [0.2, 0.25) is 0 Å². The Morgan fingerprint density at radius 1 is 1.11 bits per heavy atom. The number of nitrogens with one attached hydrogen (secondary N) is 1. The highest BCUT2D eigenvalue weighted by molar-refractivity contribution is 6.33. The minimum Gasteiger partial charge on any atom is -0.492 e. The first-order chi connectivity index (χ1) is 8.75. The van der Waals surface area contributed by atoms with Crippen LogP contribution in [0.1, 0.15) is 0 Å². The lowest BCUT2D eigenvalue weighted by Gasteiger charge is -2.09. The molecule has 0 aliphatic rings. The Labute approximate surface area is 110 Å². The molecule has 0 bridgehead atoms. The Bertz CT molecular complexity index is 519. The molecule has 0 aliphatic heterocycles. The Hall–Kier alpha value is -1.74. The maximum atomic E-state index is 12.9. The molecule has 2 rings (SSSR count). The number of benzene rings is 2. The number of halogens is 2. The molecule has 0 aliphatic carbocycles.